The molecule has 0 bridgehead atoms. The van der Waals surface area contributed by atoms with E-state index < -0.39 is 11.8 Å². The number of aromatic hydroxyl groups is 1. The summed E-state index contributed by atoms with van der Waals surface area (Å²) in [5.74, 6) is -0.377. The van der Waals surface area contributed by atoms with Gasteiger partial charge in [-0.3, -0.25) is 9.59 Å². The van der Waals surface area contributed by atoms with E-state index in [1.807, 2.05) is 0 Å². The number of fused-ring (bicyclic) bond motifs is 2. The normalized spacial score (nSPS) is 12.9. The van der Waals surface area contributed by atoms with Crippen LogP contribution in [0, 0.1) is 0 Å². The molecule has 0 fully saturated rings. The van der Waals surface area contributed by atoms with Gasteiger partial charge < -0.3 is 24.9 Å². The molecule has 5 rings (SSSR count). The fourth-order valence-electron chi connectivity index (χ4n) is 3.47. The Morgan fingerprint density at radius 3 is 2.59 bits per heavy atom. The Morgan fingerprint density at radius 1 is 0.971 bits per heavy atom. The molecule has 4 aromatic rings. The van der Waals surface area contributed by atoms with Gasteiger partial charge in [0.2, 0.25) is 12.7 Å². The minimum absolute atomic E-state index is 0.101. The molecular formula is C25H18N4O5. The lowest BCUT2D eigenvalue weighted by Gasteiger charge is -2.07. The first-order valence-corrected chi connectivity index (χ1v) is 10.3. The van der Waals surface area contributed by atoms with Gasteiger partial charge >= 0.3 is 5.91 Å². The van der Waals surface area contributed by atoms with Crippen molar-refractivity contribution in [1.82, 2.24) is 10.3 Å². The van der Waals surface area contributed by atoms with Crippen molar-refractivity contribution >= 4 is 34.5 Å². The number of hydrogen-bond acceptors (Lipinski definition) is 6. The van der Waals surface area contributed by atoms with Crippen molar-refractivity contribution in [3.8, 4) is 17.4 Å². The van der Waals surface area contributed by atoms with E-state index in [4.69, 9.17) is 9.47 Å². The number of benzene rings is 3. The molecule has 168 valence electrons. The highest BCUT2D eigenvalue weighted by Gasteiger charge is 2.18. The number of para-hydroxylation sites is 1. The molecule has 9 nitrogen and oxygen atoms in total. The van der Waals surface area contributed by atoms with Crippen LogP contribution in [-0.4, -0.2) is 28.7 Å². The van der Waals surface area contributed by atoms with Crippen LogP contribution in [0.25, 0.3) is 17.0 Å². The SMILES string of the molecule is O=C(N=Nc1c(O)[nH]c2ccccc12)C(=Cc1ccc2c(c1)OCO2)NC(=O)c1ccccc1. The summed E-state index contributed by atoms with van der Waals surface area (Å²) in [5, 5.41) is 21.1. The zero-order chi connectivity index (χ0) is 23.5. The second kappa shape index (κ2) is 8.91. The molecule has 0 saturated carbocycles. The van der Waals surface area contributed by atoms with E-state index in [9.17, 15) is 14.7 Å². The van der Waals surface area contributed by atoms with Crippen LogP contribution in [0.5, 0.6) is 17.4 Å². The molecule has 1 aliphatic heterocycles. The van der Waals surface area contributed by atoms with Crippen molar-refractivity contribution in [1.29, 1.82) is 0 Å². The lowest BCUT2D eigenvalue weighted by Crippen LogP contribution is -2.26. The van der Waals surface area contributed by atoms with Crippen LogP contribution in [0.3, 0.4) is 0 Å². The Labute approximate surface area is 193 Å². The Balaban J connectivity index is 1.48. The van der Waals surface area contributed by atoms with Crippen LogP contribution in [0.1, 0.15) is 15.9 Å². The minimum Gasteiger partial charge on any atom is -0.493 e. The fourth-order valence-corrected chi connectivity index (χ4v) is 3.47. The molecule has 0 spiro atoms. The maximum Gasteiger partial charge on any atom is 0.311 e. The first-order chi connectivity index (χ1) is 16.6. The zero-order valence-electron chi connectivity index (χ0n) is 17.7. The number of carbonyl (C=O) groups excluding carboxylic acids is 2. The Kier molecular flexibility index (Phi) is 5.49. The predicted octanol–water partition coefficient (Wildman–Crippen LogP) is 4.68. The molecular weight excluding hydrogens is 436 g/mol. The molecule has 9 heteroatoms. The summed E-state index contributed by atoms with van der Waals surface area (Å²) >= 11 is 0. The highest BCUT2D eigenvalue weighted by molar-refractivity contribution is 6.05. The fraction of sp³-hybridized carbons (Fsp3) is 0.0400. The van der Waals surface area contributed by atoms with E-state index in [1.54, 1.807) is 72.8 Å². The molecule has 2 amide bonds. The monoisotopic (exact) mass is 454 g/mol. The van der Waals surface area contributed by atoms with Crippen LogP contribution in [-0.2, 0) is 4.79 Å². The van der Waals surface area contributed by atoms with E-state index in [0.29, 0.717) is 33.5 Å². The van der Waals surface area contributed by atoms with Gasteiger partial charge in [0, 0.05) is 10.9 Å². The highest BCUT2D eigenvalue weighted by Crippen LogP contribution is 2.35. The number of nitrogens with one attached hydrogen (secondary N) is 2. The number of azo groups is 1. The van der Waals surface area contributed by atoms with Gasteiger partial charge in [0.15, 0.2) is 17.2 Å². The van der Waals surface area contributed by atoms with Crippen LogP contribution in [0.2, 0.25) is 0 Å². The summed E-state index contributed by atoms with van der Waals surface area (Å²) in [6, 6.07) is 20.7. The summed E-state index contributed by atoms with van der Waals surface area (Å²) in [6.07, 6.45) is 1.47. The van der Waals surface area contributed by atoms with Gasteiger partial charge in [-0.15, -0.1) is 10.2 Å². The van der Waals surface area contributed by atoms with E-state index >= 15 is 0 Å². The minimum atomic E-state index is -0.799. The van der Waals surface area contributed by atoms with Crippen molar-refractivity contribution in [2.75, 3.05) is 6.79 Å². The third-order valence-electron chi connectivity index (χ3n) is 5.12. The summed E-state index contributed by atoms with van der Waals surface area (Å²) < 4.78 is 10.7. The summed E-state index contributed by atoms with van der Waals surface area (Å²) in [7, 11) is 0. The molecule has 0 saturated heterocycles. The molecule has 2 heterocycles. The van der Waals surface area contributed by atoms with Crippen molar-refractivity contribution in [2.24, 2.45) is 10.2 Å². The predicted molar refractivity (Wildman–Crippen MR) is 124 cm³/mol. The Bertz CT molecular complexity index is 1460. The quantitative estimate of drug-likeness (QED) is 0.298. The molecule has 0 unspecified atom stereocenters. The molecule has 3 aromatic carbocycles. The largest absolute Gasteiger partial charge is 0.493 e. The zero-order valence-corrected chi connectivity index (χ0v) is 17.7. The van der Waals surface area contributed by atoms with Gasteiger partial charge in [-0.2, -0.15) is 0 Å². The number of nitrogens with zero attached hydrogens (tertiary/aromatic N) is 2. The number of aromatic nitrogens is 1. The Morgan fingerprint density at radius 2 is 1.74 bits per heavy atom. The Hall–Kier alpha value is -4.92. The molecule has 3 N–H and O–H groups in total. The maximum absolute atomic E-state index is 13.0. The molecule has 0 atom stereocenters. The van der Waals surface area contributed by atoms with E-state index in [0.717, 1.165) is 0 Å². The van der Waals surface area contributed by atoms with Crippen LogP contribution < -0.4 is 14.8 Å². The third-order valence-corrected chi connectivity index (χ3v) is 5.12. The van der Waals surface area contributed by atoms with Crippen LogP contribution >= 0.6 is 0 Å². The number of H-pyrrole nitrogens is 1. The van der Waals surface area contributed by atoms with Gasteiger partial charge in [0.25, 0.3) is 5.91 Å². The number of aromatic amines is 1. The van der Waals surface area contributed by atoms with E-state index in [-0.39, 0.29) is 24.1 Å². The van der Waals surface area contributed by atoms with Gasteiger partial charge in [-0.25, -0.2) is 0 Å². The number of rotatable bonds is 5. The summed E-state index contributed by atoms with van der Waals surface area (Å²) in [5.41, 5.74) is 1.63. The highest BCUT2D eigenvalue weighted by atomic mass is 16.7. The standard InChI is InChI=1S/C25H18N4O5/c30-23(16-6-2-1-3-7-16)27-19(12-15-10-11-20-21(13-15)34-14-33-20)24(31)29-28-22-17-8-4-5-9-18(17)26-25(22)32/h1-13,26,32H,14H2,(H,27,30). The molecule has 1 aliphatic rings. The van der Waals surface area contributed by atoms with Crippen LogP contribution in [0.15, 0.2) is 88.7 Å². The smallest absolute Gasteiger partial charge is 0.311 e. The summed E-state index contributed by atoms with van der Waals surface area (Å²) in [6.45, 7) is 0.112. The topological polar surface area (TPSA) is 125 Å². The van der Waals surface area contributed by atoms with Gasteiger partial charge in [-0.1, -0.05) is 42.5 Å². The number of carbonyl (C=O) groups is 2. The average Bonchev–Trinajstić information content (AvgIpc) is 3.45. The molecule has 1 aromatic heterocycles. The average molecular weight is 454 g/mol. The van der Waals surface area contributed by atoms with Crippen molar-refractivity contribution in [3.05, 3.63) is 89.6 Å². The first kappa shape index (κ1) is 21.0. The summed E-state index contributed by atoms with van der Waals surface area (Å²) in [4.78, 5) is 28.5. The van der Waals surface area contributed by atoms with E-state index in [1.165, 1.54) is 6.08 Å². The second-order valence-corrected chi connectivity index (χ2v) is 7.36. The third kappa shape index (κ3) is 4.22. The molecule has 0 radical (unpaired) electrons. The first-order valence-electron chi connectivity index (χ1n) is 10.3. The number of hydrogen-bond donors (Lipinski definition) is 3. The lowest BCUT2D eigenvalue weighted by molar-refractivity contribution is -0.115. The molecule has 34 heavy (non-hydrogen) atoms. The maximum atomic E-state index is 13.0. The lowest BCUT2D eigenvalue weighted by atomic mass is 10.1. The van der Waals surface area contributed by atoms with Gasteiger partial charge in [0.1, 0.15) is 5.70 Å². The van der Waals surface area contributed by atoms with Crippen molar-refractivity contribution in [2.45, 2.75) is 0 Å². The van der Waals surface area contributed by atoms with Gasteiger partial charge in [-0.05, 0) is 42.0 Å². The van der Waals surface area contributed by atoms with Crippen LogP contribution in [0.4, 0.5) is 5.69 Å². The van der Waals surface area contributed by atoms with Crippen molar-refractivity contribution < 1.29 is 24.2 Å². The van der Waals surface area contributed by atoms with Gasteiger partial charge in [0.05, 0.1) is 5.52 Å². The molecule has 0 aliphatic carbocycles. The van der Waals surface area contributed by atoms with Crippen molar-refractivity contribution in [3.63, 3.8) is 0 Å². The number of ether oxygens (including phenoxy) is 2. The van der Waals surface area contributed by atoms with E-state index in [2.05, 4.69) is 20.5 Å². The second-order valence-electron chi connectivity index (χ2n) is 7.36. The number of amides is 2.